The molecule has 0 aromatic rings. The molecule has 462 valence electrons. The van der Waals surface area contributed by atoms with E-state index in [1.165, 1.54) is 13.8 Å². The topological polar surface area (TPSA) is 569 Å². The lowest BCUT2D eigenvalue weighted by Crippen LogP contribution is -2.61. The van der Waals surface area contributed by atoms with Gasteiger partial charge in [0.05, 0.1) is 12.6 Å². The van der Waals surface area contributed by atoms with E-state index in [9.17, 15) is 63.0 Å². The van der Waals surface area contributed by atoms with Crippen LogP contribution in [0.15, 0.2) is 9.98 Å². The molecule has 0 unspecified atom stereocenters. The van der Waals surface area contributed by atoms with Crippen LogP contribution in [0.2, 0.25) is 0 Å². The molecule has 0 aliphatic heterocycles. The summed E-state index contributed by atoms with van der Waals surface area (Å²) in [4.78, 5) is 154. The SMILES string of the molecule is CC(C)C[C@H](NC(=O)[C@H](CCCN=C(N)N)NC(=O)[C@@H](NC(=O)[C@H](CCCN=C(N)N)NC(=O)[C@H](C)NC(=O)[C@H](CCCCN)NC(=O)[C@H](CCCCN)NC(=O)[C@@H](N)CCC(N)=O)C(C)C)C(=O)N[C@@H](CO)C(=O)N[C@@H](C)C(=O)O. The molecular weight excluding hydrogens is 1060 g/mol. The van der Waals surface area contributed by atoms with Crippen LogP contribution >= 0.6 is 0 Å². The minimum Gasteiger partial charge on any atom is -0.480 e. The van der Waals surface area contributed by atoms with Gasteiger partial charge in [0.2, 0.25) is 59.1 Å². The summed E-state index contributed by atoms with van der Waals surface area (Å²) in [6, 6.07) is -13.4. The Morgan fingerprint density at radius 2 is 0.802 bits per heavy atom. The number of nitrogens with two attached hydrogens (primary N) is 8. The summed E-state index contributed by atoms with van der Waals surface area (Å²) in [5.41, 5.74) is 44.5. The molecule has 0 heterocycles. The fourth-order valence-electron chi connectivity index (χ4n) is 7.59. The lowest BCUT2D eigenvalue weighted by Gasteiger charge is -2.29. The molecule has 0 aliphatic rings. The van der Waals surface area contributed by atoms with Gasteiger partial charge in [0, 0.05) is 19.5 Å². The summed E-state index contributed by atoms with van der Waals surface area (Å²) in [5, 5.41) is 41.8. The molecule has 0 rings (SSSR count). The Morgan fingerprint density at radius 1 is 0.432 bits per heavy atom. The van der Waals surface area contributed by atoms with Gasteiger partial charge in [-0.15, -0.1) is 0 Å². The number of rotatable bonds is 42. The Balaban J connectivity index is 6.74. The van der Waals surface area contributed by atoms with Gasteiger partial charge in [-0.05, 0) is 116 Å². The standard InChI is InChI=1S/C49H93N19O13/c1-25(2)23-34(44(77)67-35(24-69)45(78)61-28(6)47(80)81)66-42(75)32(15-11-21-58-48(54)55)65-46(79)37(26(3)4)68-43(76)33(16-12-22-59-49(56)57)62-38(71)27(5)60-40(73)30(13-7-9-19-50)64-41(74)31(14-8-10-20-51)63-39(72)29(52)17-18-36(53)70/h25-35,37,69H,7-24,50-52H2,1-6H3,(H2,53,70)(H,60,73)(H,61,78)(H,62,71)(H,63,72)(H,64,74)(H,65,79)(H,66,75)(H,67,77)(H,68,76)(H,80,81)(H4,54,55,58)(H4,56,57,59)/t27-,28-,29-,30-,31-,32-,33-,34-,35-,37-/m0/s1. The summed E-state index contributed by atoms with van der Waals surface area (Å²) < 4.78 is 0. The first-order valence-corrected chi connectivity index (χ1v) is 27.1. The Hall–Kier alpha value is -7.45. The number of aliphatic hydroxyl groups excluding tert-OH is 1. The first kappa shape index (κ1) is 73.5. The van der Waals surface area contributed by atoms with Crippen molar-refractivity contribution in [2.75, 3.05) is 32.8 Å². The molecule has 0 saturated heterocycles. The van der Waals surface area contributed by atoms with Crippen molar-refractivity contribution in [2.45, 2.75) is 185 Å². The van der Waals surface area contributed by atoms with Crippen LogP contribution < -0.4 is 93.7 Å². The summed E-state index contributed by atoms with van der Waals surface area (Å²) in [5.74, 6) is -11.1. The fraction of sp³-hybridized carbons (Fsp3) is 0.735. The smallest absolute Gasteiger partial charge is 0.325 e. The highest BCUT2D eigenvalue weighted by molar-refractivity contribution is 5.98. The van der Waals surface area contributed by atoms with Gasteiger partial charge in [-0.1, -0.05) is 27.7 Å². The molecule has 0 radical (unpaired) electrons. The third-order valence-electron chi connectivity index (χ3n) is 12.2. The van der Waals surface area contributed by atoms with Crippen molar-refractivity contribution < 1.29 is 63.0 Å². The molecular formula is C49H93N19O13. The number of hydrogen-bond donors (Lipinski definition) is 19. The second-order valence-electron chi connectivity index (χ2n) is 20.3. The Kier molecular flexibility index (Phi) is 36.2. The number of aliphatic imine (C=N–C) groups is 2. The van der Waals surface area contributed by atoms with E-state index in [0.717, 1.165) is 0 Å². The molecule has 0 fully saturated rings. The zero-order valence-electron chi connectivity index (χ0n) is 47.6. The van der Waals surface area contributed by atoms with Crippen LogP contribution in [-0.4, -0.2) is 180 Å². The van der Waals surface area contributed by atoms with E-state index >= 15 is 0 Å². The number of carboxylic acid groups (broad SMARTS) is 1. The van der Waals surface area contributed by atoms with Crippen molar-refractivity contribution >= 4 is 77.0 Å². The number of nitrogens with one attached hydrogen (secondary N) is 9. The molecule has 0 saturated carbocycles. The first-order valence-electron chi connectivity index (χ1n) is 27.1. The van der Waals surface area contributed by atoms with Gasteiger partial charge in [-0.3, -0.25) is 62.7 Å². The average Bonchev–Trinajstić information content (AvgIpc) is 3.38. The maximum Gasteiger partial charge on any atom is 0.325 e. The number of amides is 10. The molecule has 0 aromatic carbocycles. The van der Waals surface area contributed by atoms with Gasteiger partial charge in [0.1, 0.15) is 54.4 Å². The highest BCUT2D eigenvalue weighted by Crippen LogP contribution is 2.12. The number of unbranched alkanes of at least 4 members (excludes halogenated alkanes) is 2. The van der Waals surface area contributed by atoms with Gasteiger partial charge in [-0.25, -0.2) is 0 Å². The van der Waals surface area contributed by atoms with Crippen LogP contribution in [0.3, 0.4) is 0 Å². The fourth-order valence-corrected chi connectivity index (χ4v) is 7.59. The number of primary amides is 1. The maximum atomic E-state index is 14.2. The molecule has 81 heavy (non-hydrogen) atoms. The number of aliphatic hydroxyl groups is 1. The molecule has 0 bridgehead atoms. The summed E-state index contributed by atoms with van der Waals surface area (Å²) in [6.45, 7) is 8.84. The molecule has 32 nitrogen and oxygen atoms in total. The van der Waals surface area contributed by atoms with E-state index in [2.05, 4.69) is 57.8 Å². The van der Waals surface area contributed by atoms with Crippen molar-refractivity contribution in [3.8, 4) is 0 Å². The monoisotopic (exact) mass is 1160 g/mol. The van der Waals surface area contributed by atoms with Gasteiger partial charge in [-0.2, -0.15) is 0 Å². The van der Waals surface area contributed by atoms with E-state index in [-0.39, 0.29) is 95.3 Å². The van der Waals surface area contributed by atoms with E-state index in [4.69, 9.17) is 45.9 Å². The molecule has 0 aliphatic carbocycles. The van der Waals surface area contributed by atoms with Crippen molar-refractivity contribution in [3.05, 3.63) is 0 Å². The second-order valence-corrected chi connectivity index (χ2v) is 20.3. The molecule has 10 amide bonds. The molecule has 0 aromatic heterocycles. The van der Waals surface area contributed by atoms with Crippen LogP contribution in [0.25, 0.3) is 0 Å². The Morgan fingerprint density at radius 3 is 1.22 bits per heavy atom. The highest BCUT2D eigenvalue weighted by atomic mass is 16.4. The quantitative estimate of drug-likeness (QED) is 0.0153. The second kappa shape index (κ2) is 39.8. The third-order valence-corrected chi connectivity index (χ3v) is 12.2. The molecule has 0 spiro atoms. The van der Waals surface area contributed by atoms with E-state index in [1.807, 2.05) is 0 Å². The third kappa shape index (κ3) is 31.2. The van der Waals surface area contributed by atoms with E-state index in [0.29, 0.717) is 32.2 Å². The zero-order chi connectivity index (χ0) is 61.9. The van der Waals surface area contributed by atoms with Gasteiger partial charge in [0.25, 0.3) is 0 Å². The summed E-state index contributed by atoms with van der Waals surface area (Å²) >= 11 is 0. The lowest BCUT2D eigenvalue weighted by atomic mass is 10.00. The zero-order valence-corrected chi connectivity index (χ0v) is 47.6. The predicted octanol–water partition coefficient (Wildman–Crippen LogP) is -6.87. The van der Waals surface area contributed by atoms with Gasteiger partial charge in [0.15, 0.2) is 11.9 Å². The van der Waals surface area contributed by atoms with Crippen LogP contribution in [0.5, 0.6) is 0 Å². The predicted molar refractivity (Wildman–Crippen MR) is 300 cm³/mol. The highest BCUT2D eigenvalue weighted by Gasteiger charge is 2.35. The van der Waals surface area contributed by atoms with E-state index in [1.54, 1.807) is 27.7 Å². The number of carboxylic acids is 1. The summed E-state index contributed by atoms with van der Waals surface area (Å²) in [7, 11) is 0. The van der Waals surface area contributed by atoms with Crippen molar-refractivity contribution in [1.82, 2.24) is 47.9 Å². The summed E-state index contributed by atoms with van der Waals surface area (Å²) in [6.07, 6.45) is 1.71. The number of aliphatic carboxylic acids is 1. The van der Waals surface area contributed by atoms with Crippen molar-refractivity contribution in [2.24, 2.45) is 67.7 Å². The maximum absolute atomic E-state index is 14.2. The van der Waals surface area contributed by atoms with Crippen LogP contribution in [0, 0.1) is 11.8 Å². The number of hydrogen-bond acceptors (Lipinski definition) is 17. The minimum atomic E-state index is -1.60. The Bertz CT molecular complexity index is 2120. The number of carbonyl (C=O) groups excluding carboxylic acids is 10. The number of guanidine groups is 2. The minimum absolute atomic E-state index is 0.00263. The average molecular weight is 1160 g/mol. The number of nitrogens with zero attached hydrogens (tertiary/aromatic N) is 2. The lowest BCUT2D eigenvalue weighted by molar-refractivity contribution is -0.142. The molecule has 27 N–H and O–H groups in total. The van der Waals surface area contributed by atoms with Crippen LogP contribution in [0.1, 0.15) is 125 Å². The normalized spacial score (nSPS) is 14.8. The van der Waals surface area contributed by atoms with Crippen molar-refractivity contribution in [3.63, 3.8) is 0 Å². The molecule has 32 heteroatoms. The van der Waals surface area contributed by atoms with Crippen LogP contribution in [0.4, 0.5) is 0 Å². The number of carbonyl (C=O) groups is 11. The molecule has 10 atom stereocenters. The first-order chi connectivity index (χ1) is 38.0. The Labute approximate surface area is 472 Å². The van der Waals surface area contributed by atoms with Gasteiger partial charge >= 0.3 is 5.97 Å². The largest absolute Gasteiger partial charge is 0.480 e. The van der Waals surface area contributed by atoms with Crippen LogP contribution in [-0.2, 0) is 52.7 Å². The van der Waals surface area contributed by atoms with E-state index < -0.39 is 138 Å². The van der Waals surface area contributed by atoms with Gasteiger partial charge < -0.3 is 104 Å². The van der Waals surface area contributed by atoms with Crippen molar-refractivity contribution in [1.29, 1.82) is 0 Å².